The van der Waals surface area contributed by atoms with Crippen LogP contribution in [0.25, 0.3) is 0 Å². The molecule has 2 unspecified atom stereocenters. The second kappa shape index (κ2) is 11.3. The van der Waals surface area contributed by atoms with E-state index >= 15 is 0 Å². The number of halogens is 1. The molecule has 0 bridgehead atoms. The summed E-state index contributed by atoms with van der Waals surface area (Å²) in [5.41, 5.74) is 0. The molecule has 120 valence electrons. The van der Waals surface area contributed by atoms with Crippen LogP contribution in [0.3, 0.4) is 0 Å². The molecule has 5 nitrogen and oxygen atoms in total. The third kappa shape index (κ3) is 8.04. The predicted octanol–water partition coefficient (Wildman–Crippen LogP) is 1.50. The summed E-state index contributed by atoms with van der Waals surface area (Å²) in [6.07, 6.45) is 3.10. The maximum Gasteiger partial charge on any atom is 0.248 e. The summed E-state index contributed by atoms with van der Waals surface area (Å²) in [7, 11) is 0. The Labute approximate surface area is 128 Å². The summed E-state index contributed by atoms with van der Waals surface area (Å²) in [6.45, 7) is 8.74. The zero-order chi connectivity index (χ0) is 14.1. The van der Waals surface area contributed by atoms with Crippen LogP contribution in [0.15, 0.2) is 0 Å². The van der Waals surface area contributed by atoms with E-state index in [-0.39, 0.29) is 30.5 Å². The highest BCUT2D eigenvalue weighted by Crippen LogP contribution is 2.13. The van der Waals surface area contributed by atoms with Crippen LogP contribution in [0.1, 0.15) is 40.0 Å². The second-order valence-corrected chi connectivity index (χ2v) is 5.17. The average Bonchev–Trinajstić information content (AvgIpc) is 2.43. The van der Waals surface area contributed by atoms with E-state index in [1.807, 2.05) is 13.8 Å². The van der Waals surface area contributed by atoms with Crippen molar-refractivity contribution in [2.24, 2.45) is 0 Å². The molecule has 6 heteroatoms. The summed E-state index contributed by atoms with van der Waals surface area (Å²) in [5, 5.41) is 6.14. The van der Waals surface area contributed by atoms with Crippen LogP contribution in [-0.2, 0) is 14.3 Å². The monoisotopic (exact) mass is 308 g/mol. The lowest BCUT2D eigenvalue weighted by molar-refractivity contribution is -0.135. The lowest BCUT2D eigenvalue weighted by Crippen LogP contribution is -2.43. The molecule has 0 radical (unpaired) electrons. The van der Waals surface area contributed by atoms with E-state index < -0.39 is 6.10 Å². The molecule has 0 saturated carbocycles. The van der Waals surface area contributed by atoms with Crippen LogP contribution >= 0.6 is 12.4 Å². The molecule has 1 fully saturated rings. The third-order valence-corrected chi connectivity index (χ3v) is 3.31. The van der Waals surface area contributed by atoms with Crippen LogP contribution < -0.4 is 10.6 Å². The lowest BCUT2D eigenvalue weighted by atomic mass is 10.1. The van der Waals surface area contributed by atoms with Gasteiger partial charge in [0.2, 0.25) is 5.91 Å². The van der Waals surface area contributed by atoms with E-state index in [1.54, 1.807) is 6.92 Å². The van der Waals surface area contributed by atoms with Gasteiger partial charge >= 0.3 is 0 Å². The molecule has 0 spiro atoms. The number of nitrogens with one attached hydrogen (secondary N) is 2. The Hall–Kier alpha value is -0.360. The Kier molecular flexibility index (Phi) is 11.1. The summed E-state index contributed by atoms with van der Waals surface area (Å²) in [4.78, 5) is 11.8. The molecule has 1 aliphatic rings. The van der Waals surface area contributed by atoms with Crippen molar-refractivity contribution in [3.63, 3.8) is 0 Å². The fraction of sp³-hybridized carbons (Fsp3) is 0.929. The number of carbonyl (C=O) groups excluding carboxylic acids is 1. The van der Waals surface area contributed by atoms with Gasteiger partial charge in [-0.15, -0.1) is 12.4 Å². The molecular formula is C14H29ClN2O3. The smallest absolute Gasteiger partial charge is 0.248 e. The molecule has 20 heavy (non-hydrogen) atoms. The van der Waals surface area contributed by atoms with Gasteiger partial charge < -0.3 is 20.1 Å². The first kappa shape index (κ1) is 19.6. The second-order valence-electron chi connectivity index (χ2n) is 5.17. The molecule has 0 aromatic heterocycles. The lowest BCUT2D eigenvalue weighted by Gasteiger charge is -2.24. The third-order valence-electron chi connectivity index (χ3n) is 3.31. The minimum absolute atomic E-state index is 0. The maximum atomic E-state index is 11.8. The SMILES string of the molecule is CCN[C@H](C)CNC(=O)C(C)OCC1CCCCO1.Cl. The van der Waals surface area contributed by atoms with E-state index in [2.05, 4.69) is 10.6 Å². The van der Waals surface area contributed by atoms with Crippen molar-refractivity contribution in [1.82, 2.24) is 10.6 Å². The Morgan fingerprint density at radius 1 is 1.40 bits per heavy atom. The molecule has 1 saturated heterocycles. The summed E-state index contributed by atoms with van der Waals surface area (Å²) >= 11 is 0. The molecule has 0 aliphatic carbocycles. The normalized spacial score (nSPS) is 21.6. The van der Waals surface area contributed by atoms with Crippen LogP contribution in [0, 0.1) is 0 Å². The first-order chi connectivity index (χ1) is 9.13. The molecule has 2 N–H and O–H groups in total. The van der Waals surface area contributed by atoms with E-state index in [0.717, 1.165) is 26.0 Å². The van der Waals surface area contributed by atoms with Crippen LogP contribution in [-0.4, -0.2) is 50.5 Å². The van der Waals surface area contributed by atoms with Gasteiger partial charge in [-0.1, -0.05) is 6.92 Å². The van der Waals surface area contributed by atoms with E-state index in [0.29, 0.717) is 13.2 Å². The van der Waals surface area contributed by atoms with Gasteiger partial charge in [-0.3, -0.25) is 4.79 Å². The van der Waals surface area contributed by atoms with Crippen LogP contribution in [0.5, 0.6) is 0 Å². The fourth-order valence-electron chi connectivity index (χ4n) is 2.08. The van der Waals surface area contributed by atoms with Gasteiger partial charge in [-0.2, -0.15) is 0 Å². The van der Waals surface area contributed by atoms with Gasteiger partial charge in [-0.05, 0) is 39.7 Å². The minimum Gasteiger partial charge on any atom is -0.376 e. The number of ether oxygens (including phenoxy) is 2. The van der Waals surface area contributed by atoms with Crippen molar-refractivity contribution in [2.45, 2.75) is 58.3 Å². The van der Waals surface area contributed by atoms with Gasteiger partial charge in [0.05, 0.1) is 12.7 Å². The standard InChI is InChI=1S/C14H28N2O3.ClH/c1-4-15-11(2)9-16-14(17)12(3)19-10-13-7-5-6-8-18-13;/h11-13,15H,4-10H2,1-3H3,(H,16,17);1H/t11-,12?,13?;/m1./s1. The van der Waals surface area contributed by atoms with Gasteiger partial charge in [0.25, 0.3) is 0 Å². The zero-order valence-electron chi connectivity index (χ0n) is 12.8. The molecule has 1 heterocycles. The number of hydrogen-bond acceptors (Lipinski definition) is 4. The highest BCUT2D eigenvalue weighted by atomic mass is 35.5. The van der Waals surface area contributed by atoms with E-state index in [1.165, 1.54) is 6.42 Å². The first-order valence-electron chi connectivity index (χ1n) is 7.37. The summed E-state index contributed by atoms with van der Waals surface area (Å²) < 4.78 is 11.1. The zero-order valence-corrected chi connectivity index (χ0v) is 13.6. The minimum atomic E-state index is -0.417. The highest BCUT2D eigenvalue weighted by molar-refractivity contribution is 5.85. The van der Waals surface area contributed by atoms with Crippen LogP contribution in [0.4, 0.5) is 0 Å². The fourth-order valence-corrected chi connectivity index (χ4v) is 2.08. The maximum absolute atomic E-state index is 11.8. The predicted molar refractivity (Wildman–Crippen MR) is 82.4 cm³/mol. The highest BCUT2D eigenvalue weighted by Gasteiger charge is 2.18. The summed E-state index contributed by atoms with van der Waals surface area (Å²) in [6, 6.07) is 0.280. The summed E-state index contributed by atoms with van der Waals surface area (Å²) in [5.74, 6) is -0.0550. The van der Waals surface area contributed by atoms with Crippen molar-refractivity contribution in [1.29, 1.82) is 0 Å². The first-order valence-corrected chi connectivity index (χ1v) is 7.37. The average molecular weight is 309 g/mol. The van der Waals surface area contributed by atoms with Crippen molar-refractivity contribution in [2.75, 3.05) is 26.3 Å². The molecule has 0 aromatic carbocycles. The van der Waals surface area contributed by atoms with Gasteiger partial charge in [0.15, 0.2) is 0 Å². The van der Waals surface area contributed by atoms with Gasteiger partial charge in [-0.25, -0.2) is 0 Å². The Morgan fingerprint density at radius 3 is 2.75 bits per heavy atom. The quantitative estimate of drug-likeness (QED) is 0.713. The molecule has 1 rings (SSSR count). The number of rotatable bonds is 8. The topological polar surface area (TPSA) is 59.6 Å². The molecular weight excluding hydrogens is 280 g/mol. The van der Waals surface area contributed by atoms with Gasteiger partial charge in [0, 0.05) is 19.2 Å². The van der Waals surface area contributed by atoms with E-state index in [9.17, 15) is 4.79 Å². The molecule has 1 aliphatic heterocycles. The van der Waals surface area contributed by atoms with Crippen molar-refractivity contribution in [3.8, 4) is 0 Å². The number of hydrogen-bond donors (Lipinski definition) is 2. The number of amides is 1. The van der Waals surface area contributed by atoms with Crippen molar-refractivity contribution in [3.05, 3.63) is 0 Å². The van der Waals surface area contributed by atoms with Crippen molar-refractivity contribution >= 4 is 18.3 Å². The Bertz CT molecular complexity index is 261. The van der Waals surface area contributed by atoms with Gasteiger partial charge in [0.1, 0.15) is 6.10 Å². The van der Waals surface area contributed by atoms with Crippen LogP contribution in [0.2, 0.25) is 0 Å². The molecule has 1 amide bonds. The van der Waals surface area contributed by atoms with Crippen molar-refractivity contribution < 1.29 is 14.3 Å². The Balaban J connectivity index is 0.00000361. The molecule has 0 aromatic rings. The Morgan fingerprint density at radius 2 is 2.15 bits per heavy atom. The number of likely N-dealkylation sites (N-methyl/N-ethyl adjacent to an activating group) is 1. The molecule has 3 atom stereocenters. The largest absolute Gasteiger partial charge is 0.376 e. The number of carbonyl (C=O) groups is 1. The van der Waals surface area contributed by atoms with E-state index in [4.69, 9.17) is 9.47 Å².